The van der Waals surface area contributed by atoms with Crippen molar-refractivity contribution in [3.05, 3.63) is 47.9 Å². The number of fused-ring (bicyclic) bond motifs is 1. The molecule has 1 aliphatic rings. The van der Waals surface area contributed by atoms with Crippen LogP contribution in [0.25, 0.3) is 11.2 Å². The van der Waals surface area contributed by atoms with Gasteiger partial charge in [0.25, 0.3) is 5.91 Å². The summed E-state index contributed by atoms with van der Waals surface area (Å²) in [6, 6.07) is 7.69. The molecule has 3 aromatic rings. The number of nitrogens with zero attached hydrogens (tertiary/aromatic N) is 3. The lowest BCUT2D eigenvalue weighted by Gasteiger charge is -2.22. The molecular weight excluding hydrogens is 378 g/mol. The molecule has 2 N–H and O–H groups in total. The molecule has 2 aromatic heterocycles. The molecule has 0 spiro atoms. The summed E-state index contributed by atoms with van der Waals surface area (Å²) in [5.74, 6) is 0.975. The smallest absolute Gasteiger partial charge is 0.261 e. The van der Waals surface area contributed by atoms with E-state index in [1.807, 2.05) is 44.4 Å². The number of aromatic nitrogens is 3. The Morgan fingerprint density at radius 3 is 2.73 bits per heavy atom. The Kier molecular flexibility index (Phi) is 6.28. The van der Waals surface area contributed by atoms with Crippen molar-refractivity contribution in [2.75, 3.05) is 25.0 Å². The van der Waals surface area contributed by atoms with E-state index in [2.05, 4.69) is 25.2 Å². The topological polar surface area (TPSA) is 81.1 Å². The number of benzene rings is 1. The number of amides is 1. The van der Waals surface area contributed by atoms with E-state index in [9.17, 15) is 4.79 Å². The number of aryl methyl sites for hydroxylation is 2. The third-order valence-electron chi connectivity index (χ3n) is 5.67. The van der Waals surface area contributed by atoms with Crippen LogP contribution >= 0.6 is 0 Å². The summed E-state index contributed by atoms with van der Waals surface area (Å²) in [5.41, 5.74) is 3.67. The number of hydrogen-bond acceptors (Lipinski definition) is 5. The van der Waals surface area contributed by atoms with Gasteiger partial charge in [-0.3, -0.25) is 4.79 Å². The Hall–Kier alpha value is -2.93. The van der Waals surface area contributed by atoms with Crippen LogP contribution in [0.4, 0.5) is 5.69 Å². The van der Waals surface area contributed by atoms with E-state index in [0.29, 0.717) is 23.4 Å². The third kappa shape index (κ3) is 4.46. The van der Waals surface area contributed by atoms with E-state index in [4.69, 9.17) is 4.74 Å². The van der Waals surface area contributed by atoms with Crippen molar-refractivity contribution in [1.82, 2.24) is 19.9 Å². The normalized spacial score (nSPS) is 14.7. The van der Waals surface area contributed by atoms with Crippen LogP contribution in [0.3, 0.4) is 0 Å². The van der Waals surface area contributed by atoms with Crippen LogP contribution in [0.5, 0.6) is 5.75 Å². The number of imidazole rings is 1. The van der Waals surface area contributed by atoms with Crippen LogP contribution in [0.2, 0.25) is 0 Å². The van der Waals surface area contributed by atoms with E-state index in [-0.39, 0.29) is 5.91 Å². The Labute approximate surface area is 176 Å². The van der Waals surface area contributed by atoms with E-state index in [0.717, 1.165) is 48.9 Å². The standard InChI is InChI=1S/C23H29N5O2/c1-3-30-21-19(23(29)27-18-6-4-16(2)5-7-18)14-25-22-20(21)26-15-28(22)13-10-17-8-11-24-12-9-17/h4-7,14-15,17,24H,3,8-13H2,1-2H3,(H,27,29). The lowest BCUT2D eigenvalue weighted by Crippen LogP contribution is -2.28. The first-order chi connectivity index (χ1) is 14.7. The van der Waals surface area contributed by atoms with Crippen LogP contribution in [0, 0.1) is 12.8 Å². The third-order valence-corrected chi connectivity index (χ3v) is 5.67. The molecule has 0 saturated carbocycles. The quantitative estimate of drug-likeness (QED) is 0.623. The van der Waals surface area contributed by atoms with Gasteiger partial charge in [0, 0.05) is 18.4 Å². The van der Waals surface area contributed by atoms with Gasteiger partial charge in [-0.05, 0) is 64.3 Å². The summed E-state index contributed by atoms with van der Waals surface area (Å²) in [6.07, 6.45) is 6.94. The SMILES string of the molecule is CCOc1c(C(=O)Nc2ccc(C)cc2)cnc2c1ncn2CCC1CCNCC1. The summed E-state index contributed by atoms with van der Waals surface area (Å²) in [4.78, 5) is 22.0. The zero-order valence-corrected chi connectivity index (χ0v) is 17.6. The number of anilines is 1. The molecule has 4 rings (SSSR count). The Bertz CT molecular complexity index is 1010. The molecule has 0 bridgehead atoms. The van der Waals surface area contributed by atoms with Gasteiger partial charge in [0.15, 0.2) is 16.9 Å². The Balaban J connectivity index is 1.57. The van der Waals surface area contributed by atoms with Crippen molar-refractivity contribution in [2.24, 2.45) is 5.92 Å². The predicted molar refractivity (Wildman–Crippen MR) is 118 cm³/mol. The molecule has 0 radical (unpaired) electrons. The number of nitrogens with one attached hydrogen (secondary N) is 2. The summed E-state index contributed by atoms with van der Waals surface area (Å²) >= 11 is 0. The number of carbonyl (C=O) groups excluding carboxylic acids is 1. The highest BCUT2D eigenvalue weighted by molar-refractivity contribution is 6.08. The predicted octanol–water partition coefficient (Wildman–Crippen LogP) is 3.78. The van der Waals surface area contributed by atoms with Crippen LogP contribution < -0.4 is 15.4 Å². The average Bonchev–Trinajstić information content (AvgIpc) is 3.18. The second kappa shape index (κ2) is 9.26. The molecule has 1 aliphatic heterocycles. The Morgan fingerprint density at radius 1 is 1.23 bits per heavy atom. The average molecular weight is 408 g/mol. The number of pyridine rings is 1. The van der Waals surface area contributed by atoms with Crippen molar-refractivity contribution in [2.45, 2.75) is 39.7 Å². The van der Waals surface area contributed by atoms with Gasteiger partial charge in [-0.15, -0.1) is 0 Å². The largest absolute Gasteiger partial charge is 0.491 e. The van der Waals surface area contributed by atoms with Gasteiger partial charge in [0.05, 0.1) is 12.9 Å². The maximum atomic E-state index is 12.9. The van der Waals surface area contributed by atoms with Crippen LogP contribution in [0.1, 0.15) is 42.1 Å². The van der Waals surface area contributed by atoms with E-state index in [1.165, 1.54) is 12.8 Å². The fourth-order valence-corrected chi connectivity index (χ4v) is 3.93. The van der Waals surface area contributed by atoms with Crippen molar-refractivity contribution in [3.8, 4) is 5.75 Å². The molecule has 1 saturated heterocycles. The van der Waals surface area contributed by atoms with Gasteiger partial charge in [-0.2, -0.15) is 0 Å². The van der Waals surface area contributed by atoms with Crippen LogP contribution in [-0.4, -0.2) is 40.1 Å². The fourth-order valence-electron chi connectivity index (χ4n) is 3.93. The molecule has 0 aliphatic carbocycles. The molecule has 7 nitrogen and oxygen atoms in total. The van der Waals surface area contributed by atoms with E-state index >= 15 is 0 Å². The lowest BCUT2D eigenvalue weighted by molar-refractivity contribution is 0.102. The monoisotopic (exact) mass is 407 g/mol. The van der Waals surface area contributed by atoms with Gasteiger partial charge in [0.2, 0.25) is 0 Å². The van der Waals surface area contributed by atoms with Crippen molar-refractivity contribution in [1.29, 1.82) is 0 Å². The highest BCUT2D eigenvalue weighted by atomic mass is 16.5. The number of ether oxygens (including phenoxy) is 1. The summed E-state index contributed by atoms with van der Waals surface area (Å²) in [6.45, 7) is 7.43. The zero-order chi connectivity index (χ0) is 20.9. The number of piperidine rings is 1. The highest BCUT2D eigenvalue weighted by Gasteiger charge is 2.21. The van der Waals surface area contributed by atoms with Crippen molar-refractivity contribution in [3.63, 3.8) is 0 Å². The molecule has 0 unspecified atom stereocenters. The number of rotatable bonds is 7. The molecular formula is C23H29N5O2. The lowest BCUT2D eigenvalue weighted by atomic mass is 9.95. The molecule has 7 heteroatoms. The maximum absolute atomic E-state index is 12.9. The van der Waals surface area contributed by atoms with Gasteiger partial charge >= 0.3 is 0 Å². The van der Waals surface area contributed by atoms with Gasteiger partial charge in [-0.25, -0.2) is 9.97 Å². The summed E-state index contributed by atoms with van der Waals surface area (Å²) in [7, 11) is 0. The molecule has 30 heavy (non-hydrogen) atoms. The maximum Gasteiger partial charge on any atom is 0.261 e. The highest BCUT2D eigenvalue weighted by Crippen LogP contribution is 2.29. The van der Waals surface area contributed by atoms with Gasteiger partial charge < -0.3 is 19.9 Å². The van der Waals surface area contributed by atoms with E-state index < -0.39 is 0 Å². The molecule has 3 heterocycles. The van der Waals surface area contributed by atoms with Gasteiger partial charge in [0.1, 0.15) is 5.56 Å². The molecule has 1 amide bonds. The first-order valence-electron chi connectivity index (χ1n) is 10.7. The second-order valence-electron chi connectivity index (χ2n) is 7.85. The van der Waals surface area contributed by atoms with E-state index in [1.54, 1.807) is 6.20 Å². The fraction of sp³-hybridized carbons (Fsp3) is 0.435. The summed E-state index contributed by atoms with van der Waals surface area (Å²) < 4.78 is 7.92. The first-order valence-corrected chi connectivity index (χ1v) is 10.7. The van der Waals surface area contributed by atoms with Crippen molar-refractivity contribution >= 4 is 22.8 Å². The summed E-state index contributed by atoms with van der Waals surface area (Å²) in [5, 5.41) is 6.33. The minimum atomic E-state index is -0.249. The first kappa shape index (κ1) is 20.3. The molecule has 1 fully saturated rings. The molecule has 158 valence electrons. The van der Waals surface area contributed by atoms with Crippen molar-refractivity contribution < 1.29 is 9.53 Å². The molecule has 0 atom stereocenters. The van der Waals surface area contributed by atoms with Gasteiger partial charge in [-0.1, -0.05) is 17.7 Å². The number of carbonyl (C=O) groups is 1. The second-order valence-corrected chi connectivity index (χ2v) is 7.85. The minimum Gasteiger partial charge on any atom is -0.491 e. The van der Waals surface area contributed by atoms with Crippen LogP contribution in [-0.2, 0) is 6.54 Å². The molecule has 1 aromatic carbocycles. The minimum absolute atomic E-state index is 0.249. The van der Waals surface area contributed by atoms with Crippen LogP contribution in [0.15, 0.2) is 36.8 Å². The Morgan fingerprint density at radius 2 is 2.00 bits per heavy atom. The number of hydrogen-bond donors (Lipinski definition) is 2. The zero-order valence-electron chi connectivity index (χ0n) is 17.6.